The minimum Gasteiger partial charge on any atom is -0.338 e. The van der Waals surface area contributed by atoms with E-state index in [2.05, 4.69) is 10.00 Å². The summed E-state index contributed by atoms with van der Waals surface area (Å²) in [7, 11) is 0. The molecule has 0 bridgehead atoms. The van der Waals surface area contributed by atoms with Crippen LogP contribution in [0.2, 0.25) is 5.02 Å². The molecule has 0 unspecified atom stereocenters. The van der Waals surface area contributed by atoms with E-state index in [0.29, 0.717) is 17.6 Å². The molecule has 0 radical (unpaired) electrons. The maximum atomic E-state index is 12.3. The average molecular weight is 283 g/mol. The number of carbonyl (C=O) groups excluding carboxylic acids is 1. The molecule has 0 aromatic carbocycles. The van der Waals surface area contributed by atoms with Gasteiger partial charge in [0.15, 0.2) is 0 Å². The van der Waals surface area contributed by atoms with Gasteiger partial charge >= 0.3 is 0 Å². The number of rotatable bonds is 2. The molecule has 2 aliphatic heterocycles. The molecule has 2 aliphatic rings. The lowest BCUT2D eigenvalue weighted by atomic mass is 10.1. The van der Waals surface area contributed by atoms with Crippen molar-refractivity contribution in [1.82, 2.24) is 19.6 Å². The molecule has 6 heteroatoms. The van der Waals surface area contributed by atoms with Crippen LogP contribution >= 0.6 is 11.6 Å². The average Bonchev–Trinajstić information content (AvgIpc) is 2.96. The molecule has 0 spiro atoms. The lowest BCUT2D eigenvalue weighted by molar-refractivity contribution is -0.134. The summed E-state index contributed by atoms with van der Waals surface area (Å²) in [5.74, 6) is 0.144. The lowest BCUT2D eigenvalue weighted by Crippen LogP contribution is -2.52. The number of hydrogen-bond donors (Lipinski definition) is 0. The van der Waals surface area contributed by atoms with Crippen LogP contribution in [0.25, 0.3) is 0 Å². The number of hydrogen-bond acceptors (Lipinski definition) is 3. The molecule has 0 N–H and O–H groups in total. The number of halogens is 1. The summed E-state index contributed by atoms with van der Waals surface area (Å²) in [4.78, 5) is 16.7. The van der Waals surface area contributed by atoms with Gasteiger partial charge in [0.25, 0.3) is 0 Å². The Kier molecular flexibility index (Phi) is 3.50. The molecule has 1 amide bonds. The Morgan fingerprint density at radius 3 is 3.05 bits per heavy atom. The first-order valence-corrected chi connectivity index (χ1v) is 7.22. The van der Waals surface area contributed by atoms with E-state index in [-0.39, 0.29) is 5.91 Å². The highest BCUT2D eigenvalue weighted by Gasteiger charge is 2.32. The number of aromatic nitrogens is 2. The quantitative estimate of drug-likeness (QED) is 0.817. The zero-order valence-corrected chi connectivity index (χ0v) is 11.9. The molecule has 1 aromatic heterocycles. The number of carbonyl (C=O) groups is 1. The number of amides is 1. The maximum absolute atomic E-state index is 12.3. The summed E-state index contributed by atoms with van der Waals surface area (Å²) < 4.78 is 1.64. The Labute approximate surface area is 118 Å². The Morgan fingerprint density at radius 2 is 2.32 bits per heavy atom. The number of fused-ring (bicyclic) bond motifs is 1. The zero-order valence-electron chi connectivity index (χ0n) is 11.2. The van der Waals surface area contributed by atoms with Crippen molar-refractivity contribution in [1.29, 1.82) is 0 Å². The third-order valence-electron chi connectivity index (χ3n) is 4.12. The van der Waals surface area contributed by atoms with Crippen LogP contribution in [-0.4, -0.2) is 57.7 Å². The third-order valence-corrected chi connectivity index (χ3v) is 4.49. The highest BCUT2D eigenvalue weighted by atomic mass is 35.5. The fraction of sp³-hybridized carbons (Fsp3) is 0.692. The van der Waals surface area contributed by atoms with Crippen molar-refractivity contribution >= 4 is 17.5 Å². The van der Waals surface area contributed by atoms with Crippen molar-refractivity contribution in [2.45, 2.75) is 32.4 Å². The summed E-state index contributed by atoms with van der Waals surface area (Å²) >= 11 is 5.96. The molecule has 104 valence electrons. The van der Waals surface area contributed by atoms with Crippen molar-refractivity contribution < 1.29 is 4.79 Å². The van der Waals surface area contributed by atoms with E-state index in [1.165, 1.54) is 19.4 Å². The summed E-state index contributed by atoms with van der Waals surface area (Å²) in [5, 5.41) is 4.86. The van der Waals surface area contributed by atoms with E-state index in [0.717, 1.165) is 25.3 Å². The predicted molar refractivity (Wildman–Crippen MR) is 73.1 cm³/mol. The van der Waals surface area contributed by atoms with E-state index in [4.69, 9.17) is 11.6 Å². The second-order valence-corrected chi connectivity index (χ2v) is 5.84. The van der Waals surface area contributed by atoms with Gasteiger partial charge in [0, 0.05) is 31.9 Å². The standard InChI is InChI=1S/C13H19ClN4O/c1-10-12(14)8-18(15-10)9-13(19)17-6-5-16-4-2-3-11(16)7-17/h8,11H,2-7,9H2,1H3/t11-/m1/s1. The molecule has 2 saturated heterocycles. The molecular formula is C13H19ClN4O. The first-order valence-electron chi connectivity index (χ1n) is 6.85. The van der Waals surface area contributed by atoms with Gasteiger partial charge in [-0.05, 0) is 26.3 Å². The van der Waals surface area contributed by atoms with Gasteiger partial charge in [-0.1, -0.05) is 11.6 Å². The van der Waals surface area contributed by atoms with Gasteiger partial charge in [-0.3, -0.25) is 14.4 Å². The van der Waals surface area contributed by atoms with Crippen LogP contribution in [0.15, 0.2) is 6.20 Å². The van der Waals surface area contributed by atoms with Gasteiger partial charge in [-0.2, -0.15) is 5.10 Å². The SMILES string of the molecule is Cc1nn(CC(=O)N2CCN3CCC[C@@H]3C2)cc1Cl. The van der Waals surface area contributed by atoms with Gasteiger partial charge in [-0.15, -0.1) is 0 Å². The molecule has 1 atom stereocenters. The Hall–Kier alpha value is -1.07. The molecule has 0 aliphatic carbocycles. The van der Waals surface area contributed by atoms with Gasteiger partial charge in [0.2, 0.25) is 5.91 Å². The van der Waals surface area contributed by atoms with E-state index >= 15 is 0 Å². The second kappa shape index (κ2) is 5.13. The Bertz CT molecular complexity index is 467. The highest BCUT2D eigenvalue weighted by Crippen LogP contribution is 2.21. The Balaban J connectivity index is 1.61. The van der Waals surface area contributed by atoms with E-state index in [9.17, 15) is 4.79 Å². The van der Waals surface area contributed by atoms with Crippen molar-refractivity contribution in [3.8, 4) is 0 Å². The zero-order chi connectivity index (χ0) is 13.4. The summed E-state index contributed by atoms with van der Waals surface area (Å²) in [6, 6.07) is 0.570. The fourth-order valence-corrected chi connectivity index (χ4v) is 3.18. The molecule has 19 heavy (non-hydrogen) atoms. The van der Waals surface area contributed by atoms with Crippen LogP contribution in [-0.2, 0) is 11.3 Å². The lowest BCUT2D eigenvalue weighted by Gasteiger charge is -2.37. The second-order valence-electron chi connectivity index (χ2n) is 5.43. The third kappa shape index (κ3) is 2.62. The largest absolute Gasteiger partial charge is 0.338 e. The van der Waals surface area contributed by atoms with Crippen molar-refractivity contribution in [2.24, 2.45) is 0 Å². The summed E-state index contributed by atoms with van der Waals surface area (Å²) in [5.41, 5.74) is 0.773. The van der Waals surface area contributed by atoms with E-state index in [1.807, 2.05) is 11.8 Å². The number of aryl methyl sites for hydroxylation is 1. The number of nitrogens with zero attached hydrogens (tertiary/aromatic N) is 4. The van der Waals surface area contributed by atoms with Crippen molar-refractivity contribution in [3.05, 3.63) is 16.9 Å². The maximum Gasteiger partial charge on any atom is 0.244 e. The van der Waals surface area contributed by atoms with Crippen LogP contribution in [0.5, 0.6) is 0 Å². The fourth-order valence-electron chi connectivity index (χ4n) is 3.03. The molecule has 1 aromatic rings. The first kappa shape index (κ1) is 12.9. The van der Waals surface area contributed by atoms with E-state index < -0.39 is 0 Å². The van der Waals surface area contributed by atoms with Gasteiger partial charge in [-0.25, -0.2) is 0 Å². The monoisotopic (exact) mass is 282 g/mol. The topological polar surface area (TPSA) is 41.4 Å². The number of piperazine rings is 1. The van der Waals surface area contributed by atoms with Gasteiger partial charge in [0.05, 0.1) is 10.7 Å². The molecule has 0 saturated carbocycles. The minimum absolute atomic E-state index is 0.144. The molecular weight excluding hydrogens is 264 g/mol. The van der Waals surface area contributed by atoms with Crippen molar-refractivity contribution in [3.63, 3.8) is 0 Å². The van der Waals surface area contributed by atoms with Gasteiger partial charge in [0.1, 0.15) is 6.54 Å². The smallest absolute Gasteiger partial charge is 0.244 e. The van der Waals surface area contributed by atoms with Crippen molar-refractivity contribution in [2.75, 3.05) is 26.2 Å². The van der Waals surface area contributed by atoms with Gasteiger partial charge < -0.3 is 4.90 Å². The normalized spacial score (nSPS) is 23.7. The van der Waals surface area contributed by atoms with E-state index in [1.54, 1.807) is 10.9 Å². The predicted octanol–water partition coefficient (Wildman–Crippen LogP) is 1.15. The summed E-state index contributed by atoms with van der Waals surface area (Å²) in [6.07, 6.45) is 4.21. The first-order chi connectivity index (χ1) is 9.13. The van der Waals surface area contributed by atoms with Crippen LogP contribution in [0, 0.1) is 6.92 Å². The highest BCUT2D eigenvalue weighted by molar-refractivity contribution is 6.31. The van der Waals surface area contributed by atoms with Crippen LogP contribution in [0.1, 0.15) is 18.5 Å². The molecule has 2 fully saturated rings. The molecule has 3 heterocycles. The van der Waals surface area contributed by atoms with Crippen LogP contribution in [0.4, 0.5) is 0 Å². The van der Waals surface area contributed by atoms with Crippen LogP contribution in [0.3, 0.4) is 0 Å². The summed E-state index contributed by atoms with van der Waals surface area (Å²) in [6.45, 7) is 6.05. The minimum atomic E-state index is 0.144. The van der Waals surface area contributed by atoms with Crippen LogP contribution < -0.4 is 0 Å². The Morgan fingerprint density at radius 1 is 1.47 bits per heavy atom. The molecule has 5 nitrogen and oxygen atoms in total. The molecule has 3 rings (SSSR count).